The molecule has 10 nitrogen and oxygen atoms in total. The number of amides is 1. The minimum absolute atomic E-state index is 0.192. The van der Waals surface area contributed by atoms with Gasteiger partial charge in [0.25, 0.3) is 11.5 Å². The van der Waals surface area contributed by atoms with E-state index in [1.54, 1.807) is 73.1 Å². The fourth-order valence-corrected chi connectivity index (χ4v) is 6.89. The van der Waals surface area contributed by atoms with Crippen LogP contribution >= 0.6 is 11.3 Å². The highest BCUT2D eigenvalue weighted by molar-refractivity contribution is 7.07. The van der Waals surface area contributed by atoms with Crippen LogP contribution in [0.2, 0.25) is 0 Å². The van der Waals surface area contributed by atoms with Gasteiger partial charge in [-0.1, -0.05) is 11.3 Å². The van der Waals surface area contributed by atoms with Crippen LogP contribution < -0.4 is 24.4 Å². The van der Waals surface area contributed by atoms with Gasteiger partial charge < -0.3 is 24.0 Å². The van der Waals surface area contributed by atoms with Gasteiger partial charge in [0, 0.05) is 35.7 Å². The number of nitrogens with zero attached hydrogens (tertiary/aromatic N) is 4. The second-order valence-corrected chi connectivity index (χ2v) is 11.7. The summed E-state index contributed by atoms with van der Waals surface area (Å²) in [5.74, 6) is -0.0862. The quantitative estimate of drug-likeness (QED) is 0.297. The van der Waals surface area contributed by atoms with Crippen molar-refractivity contribution in [3.8, 4) is 17.2 Å². The van der Waals surface area contributed by atoms with Crippen molar-refractivity contribution in [3.63, 3.8) is 0 Å². The third kappa shape index (κ3) is 5.59. The number of benzene rings is 2. The van der Waals surface area contributed by atoms with Gasteiger partial charge in [0.15, 0.2) is 4.80 Å². The lowest BCUT2D eigenvalue weighted by Gasteiger charge is -2.30. The molecule has 45 heavy (non-hydrogen) atoms. The van der Waals surface area contributed by atoms with Crippen LogP contribution in [0.4, 0.5) is 0 Å². The molecule has 0 spiro atoms. The number of rotatable bonds is 9. The summed E-state index contributed by atoms with van der Waals surface area (Å²) in [6.45, 7) is 10.6. The van der Waals surface area contributed by atoms with E-state index >= 15 is 0 Å². The normalized spacial score (nSPS) is 14.6. The van der Waals surface area contributed by atoms with Gasteiger partial charge in [-0.3, -0.25) is 14.2 Å². The van der Waals surface area contributed by atoms with Gasteiger partial charge in [0.2, 0.25) is 0 Å². The van der Waals surface area contributed by atoms with Crippen LogP contribution in [-0.4, -0.2) is 58.3 Å². The molecule has 0 radical (unpaired) electrons. The Hall–Kier alpha value is -4.90. The summed E-state index contributed by atoms with van der Waals surface area (Å²) in [6.07, 6.45) is 1.85. The molecule has 0 unspecified atom stereocenters. The molecule has 0 fully saturated rings. The Morgan fingerprint density at radius 3 is 2.31 bits per heavy atom. The van der Waals surface area contributed by atoms with Gasteiger partial charge in [-0.15, -0.1) is 0 Å². The molecule has 0 saturated heterocycles. The highest BCUT2D eigenvalue weighted by Gasteiger charge is 2.36. The minimum atomic E-state index is -0.986. The van der Waals surface area contributed by atoms with Gasteiger partial charge in [-0.05, 0) is 94.8 Å². The SMILES string of the molecule is CCN(CC)C(=O)C1=C(C)N=c2s/c(=C/c3cc(C)n(-c4ccc(C(=O)O)cc4)c3C)c(=O)n2[C@H]1c1cc(OC)ccc1OC. The van der Waals surface area contributed by atoms with Gasteiger partial charge in [-0.25, -0.2) is 9.79 Å². The molecule has 1 atom stereocenters. The van der Waals surface area contributed by atoms with Crippen molar-refractivity contribution >= 4 is 29.3 Å². The first kappa shape index (κ1) is 31.5. The van der Waals surface area contributed by atoms with Crippen molar-refractivity contribution < 1.29 is 24.2 Å². The average molecular weight is 629 g/mol. The zero-order valence-corrected chi connectivity index (χ0v) is 27.2. The number of carboxylic acid groups (broad SMARTS) is 1. The number of likely N-dealkylation sites (N-methyl/N-ethyl adjacent to an activating group) is 1. The maximum absolute atomic E-state index is 14.3. The first-order chi connectivity index (χ1) is 21.5. The van der Waals surface area contributed by atoms with Crippen LogP contribution in [0, 0.1) is 13.8 Å². The number of fused-ring (bicyclic) bond motifs is 1. The van der Waals surface area contributed by atoms with E-state index in [4.69, 9.17) is 14.5 Å². The molecule has 1 aliphatic rings. The number of hydrogen-bond donors (Lipinski definition) is 1. The minimum Gasteiger partial charge on any atom is -0.497 e. The topological polar surface area (TPSA) is 115 Å². The van der Waals surface area contributed by atoms with Crippen LogP contribution in [0.15, 0.2) is 69.6 Å². The molecule has 2 aromatic carbocycles. The number of aromatic nitrogens is 2. The Morgan fingerprint density at radius 2 is 1.71 bits per heavy atom. The number of aromatic carboxylic acids is 1. The molecular formula is C34H36N4O6S. The summed E-state index contributed by atoms with van der Waals surface area (Å²) in [4.78, 5) is 46.6. The average Bonchev–Trinajstić information content (AvgIpc) is 3.49. The Kier molecular flexibility index (Phi) is 8.83. The second-order valence-electron chi connectivity index (χ2n) is 10.7. The number of allylic oxidation sites excluding steroid dienone is 1. The molecular weight excluding hydrogens is 592 g/mol. The number of thiazole rings is 1. The first-order valence-corrected chi connectivity index (χ1v) is 15.4. The molecule has 1 aliphatic heterocycles. The maximum atomic E-state index is 14.3. The molecule has 4 aromatic rings. The summed E-state index contributed by atoms with van der Waals surface area (Å²) >= 11 is 1.26. The van der Waals surface area contributed by atoms with E-state index in [1.807, 2.05) is 44.4 Å². The van der Waals surface area contributed by atoms with E-state index in [2.05, 4.69) is 0 Å². The predicted octanol–water partition coefficient (Wildman–Crippen LogP) is 4.23. The Labute approximate surface area is 264 Å². The van der Waals surface area contributed by atoms with Gasteiger partial charge in [0.05, 0.1) is 35.6 Å². The maximum Gasteiger partial charge on any atom is 0.335 e. The van der Waals surface area contributed by atoms with Crippen LogP contribution in [-0.2, 0) is 4.79 Å². The Balaban J connectivity index is 1.72. The molecule has 234 valence electrons. The monoisotopic (exact) mass is 628 g/mol. The predicted molar refractivity (Wildman–Crippen MR) is 173 cm³/mol. The van der Waals surface area contributed by atoms with E-state index in [-0.39, 0.29) is 17.0 Å². The standard InChI is InChI=1S/C34H36N4O6S/c1-8-36(9-2)32(40)29-20(4)35-34-38(30(29)26-18-25(43-6)14-15-27(26)44-7)31(39)28(45-34)17-23-16-19(3)37(21(23)5)24-12-10-22(11-13-24)33(41)42/h10-18,30H,8-9H2,1-7H3,(H,41,42)/b28-17+/t30-/m0/s1. The molecule has 0 saturated carbocycles. The van der Waals surface area contributed by atoms with E-state index in [0.29, 0.717) is 50.8 Å². The molecule has 1 amide bonds. The smallest absolute Gasteiger partial charge is 0.335 e. The first-order valence-electron chi connectivity index (χ1n) is 14.6. The molecule has 3 heterocycles. The fourth-order valence-electron chi connectivity index (χ4n) is 5.85. The summed E-state index contributed by atoms with van der Waals surface area (Å²) in [5.41, 5.74) is 4.97. The molecule has 0 aliphatic carbocycles. The van der Waals surface area contributed by atoms with Crippen molar-refractivity contribution in [1.29, 1.82) is 0 Å². The fraction of sp³-hybridized carbons (Fsp3) is 0.294. The van der Waals surface area contributed by atoms with Gasteiger partial charge >= 0.3 is 5.97 Å². The Bertz CT molecular complexity index is 2010. The number of hydrogen-bond acceptors (Lipinski definition) is 7. The number of carbonyl (C=O) groups is 2. The van der Waals surface area contributed by atoms with Crippen molar-refractivity contribution in [2.45, 2.75) is 40.7 Å². The number of ether oxygens (including phenoxy) is 2. The van der Waals surface area contributed by atoms with Crippen LogP contribution in [0.5, 0.6) is 11.5 Å². The number of carbonyl (C=O) groups excluding carboxylic acids is 1. The number of aryl methyl sites for hydroxylation is 1. The molecule has 0 bridgehead atoms. The van der Waals surface area contributed by atoms with E-state index in [1.165, 1.54) is 11.3 Å². The summed E-state index contributed by atoms with van der Waals surface area (Å²) in [5, 5.41) is 9.29. The van der Waals surface area contributed by atoms with Crippen LogP contribution in [0.25, 0.3) is 11.8 Å². The molecule has 1 N–H and O–H groups in total. The lowest BCUT2D eigenvalue weighted by atomic mass is 9.93. The van der Waals surface area contributed by atoms with Gasteiger partial charge in [0.1, 0.15) is 17.5 Å². The zero-order valence-electron chi connectivity index (χ0n) is 26.4. The lowest BCUT2D eigenvalue weighted by molar-refractivity contribution is -0.127. The van der Waals surface area contributed by atoms with E-state index in [9.17, 15) is 19.5 Å². The largest absolute Gasteiger partial charge is 0.497 e. The molecule has 5 rings (SSSR count). The summed E-state index contributed by atoms with van der Waals surface area (Å²) in [6, 6.07) is 13.2. The number of carboxylic acids is 1. The van der Waals surface area contributed by atoms with Crippen molar-refractivity contribution in [1.82, 2.24) is 14.0 Å². The van der Waals surface area contributed by atoms with Crippen LogP contribution in [0.1, 0.15) is 59.7 Å². The van der Waals surface area contributed by atoms with Crippen molar-refractivity contribution in [2.75, 3.05) is 27.3 Å². The van der Waals surface area contributed by atoms with E-state index < -0.39 is 12.0 Å². The molecule has 11 heteroatoms. The molecule has 2 aromatic heterocycles. The summed E-state index contributed by atoms with van der Waals surface area (Å²) < 4.78 is 15.3. The third-order valence-corrected chi connectivity index (χ3v) is 9.15. The van der Waals surface area contributed by atoms with E-state index in [0.717, 1.165) is 22.6 Å². The highest BCUT2D eigenvalue weighted by Crippen LogP contribution is 2.38. The Morgan fingerprint density at radius 1 is 1.02 bits per heavy atom. The van der Waals surface area contributed by atoms with Crippen molar-refractivity contribution in [3.05, 3.63) is 108 Å². The van der Waals surface area contributed by atoms with Crippen LogP contribution in [0.3, 0.4) is 0 Å². The number of methoxy groups -OCH3 is 2. The zero-order chi connectivity index (χ0) is 32.6. The van der Waals surface area contributed by atoms with Crippen molar-refractivity contribution in [2.24, 2.45) is 4.99 Å². The summed E-state index contributed by atoms with van der Waals surface area (Å²) in [7, 11) is 3.12. The lowest BCUT2D eigenvalue weighted by Crippen LogP contribution is -2.43. The highest BCUT2D eigenvalue weighted by atomic mass is 32.1. The van der Waals surface area contributed by atoms with Gasteiger partial charge in [-0.2, -0.15) is 0 Å². The second kappa shape index (κ2) is 12.6. The third-order valence-electron chi connectivity index (χ3n) is 8.16.